The van der Waals surface area contributed by atoms with E-state index in [-0.39, 0.29) is 16.7 Å². The molecule has 3 aliphatic carbocycles. The van der Waals surface area contributed by atoms with Gasteiger partial charge < -0.3 is 4.18 Å². The summed E-state index contributed by atoms with van der Waals surface area (Å²) < 4.78 is 119. The summed E-state index contributed by atoms with van der Waals surface area (Å²) in [6.07, 6.45) is 4.83. The predicted octanol–water partition coefficient (Wildman–Crippen LogP) is 4.89. The summed E-state index contributed by atoms with van der Waals surface area (Å²) in [6.45, 7) is 0. The van der Waals surface area contributed by atoms with Crippen molar-refractivity contribution in [1.82, 2.24) is 0 Å². The molecular weight excluding hydrogens is 488 g/mol. The van der Waals surface area contributed by atoms with E-state index in [2.05, 4.69) is 4.18 Å². The summed E-state index contributed by atoms with van der Waals surface area (Å²) >= 11 is 0. The highest BCUT2D eigenvalue weighted by atomic mass is 32.2. The molecule has 0 aliphatic heterocycles. The molecule has 178 valence electrons. The maximum Gasteiger partial charge on any atom is 0.339 e. The van der Waals surface area contributed by atoms with E-state index in [1.165, 1.54) is 0 Å². The van der Waals surface area contributed by atoms with E-state index >= 15 is 0 Å². The van der Waals surface area contributed by atoms with Crippen LogP contribution in [-0.2, 0) is 20.2 Å². The van der Waals surface area contributed by atoms with Crippen LogP contribution in [0, 0.1) is 23.3 Å². The first-order valence-electron chi connectivity index (χ1n) is 10.4. The van der Waals surface area contributed by atoms with Gasteiger partial charge in [0.2, 0.25) is 17.4 Å². The van der Waals surface area contributed by atoms with Crippen molar-refractivity contribution in [3.8, 4) is 5.75 Å². The first-order valence-corrected chi connectivity index (χ1v) is 13.2. The first kappa shape index (κ1) is 22.6. The van der Waals surface area contributed by atoms with Crippen LogP contribution in [0.2, 0.25) is 0 Å². The van der Waals surface area contributed by atoms with Crippen LogP contribution in [0.25, 0.3) is 0 Å². The smallest absolute Gasteiger partial charge is 0.339 e. The van der Waals surface area contributed by atoms with Crippen molar-refractivity contribution in [3.63, 3.8) is 0 Å². The molecule has 0 bridgehead atoms. The standard InChI is InChI=1S/C21H18F4O6S2/c22-15-17(24)21(32(26,27)28)18(25)16(23)19(15)31-33(29,30)20-13(10-3-4-10)7-12(9-1-2-9)8-14(20)11-5-6-11/h7-11H,1-6H2,(H,26,27,28). The number of benzene rings is 2. The highest BCUT2D eigenvalue weighted by Gasteiger charge is 2.41. The molecule has 2 aromatic rings. The molecular formula is C21H18F4O6S2. The predicted molar refractivity (Wildman–Crippen MR) is 106 cm³/mol. The van der Waals surface area contributed by atoms with Gasteiger partial charge in [-0.25, -0.2) is 8.78 Å². The van der Waals surface area contributed by atoms with Gasteiger partial charge in [0, 0.05) is 0 Å². The third-order valence-electron chi connectivity index (χ3n) is 6.14. The van der Waals surface area contributed by atoms with E-state index in [4.69, 9.17) is 4.55 Å². The second kappa shape index (κ2) is 7.41. The van der Waals surface area contributed by atoms with E-state index in [1.54, 1.807) is 12.1 Å². The average molecular weight is 506 g/mol. The number of halogens is 4. The van der Waals surface area contributed by atoms with Gasteiger partial charge in [0.05, 0.1) is 0 Å². The van der Waals surface area contributed by atoms with Crippen LogP contribution < -0.4 is 4.18 Å². The minimum atomic E-state index is -5.68. The maximum absolute atomic E-state index is 14.5. The van der Waals surface area contributed by atoms with Crippen molar-refractivity contribution >= 4 is 20.2 Å². The second-order valence-electron chi connectivity index (χ2n) is 8.78. The minimum Gasteiger partial charge on any atom is -0.372 e. The quantitative estimate of drug-likeness (QED) is 0.249. The SMILES string of the molecule is O=S(=O)(O)c1c(F)c(F)c(OS(=O)(=O)c2c(C3CC3)cc(C3CC3)cc2C2CC2)c(F)c1F. The van der Waals surface area contributed by atoms with Crippen LogP contribution in [0.15, 0.2) is 21.9 Å². The molecule has 0 heterocycles. The van der Waals surface area contributed by atoms with Gasteiger partial charge >= 0.3 is 20.2 Å². The molecule has 12 heteroatoms. The van der Waals surface area contributed by atoms with Gasteiger partial charge in [-0.05, 0) is 73.0 Å². The largest absolute Gasteiger partial charge is 0.372 e. The third-order valence-corrected chi connectivity index (χ3v) is 8.37. The Hall–Kier alpha value is -2.18. The third kappa shape index (κ3) is 4.01. The molecule has 2 aromatic carbocycles. The zero-order chi connectivity index (χ0) is 23.9. The second-order valence-corrected chi connectivity index (χ2v) is 11.6. The Kier molecular flexibility index (Phi) is 5.07. The van der Waals surface area contributed by atoms with Crippen LogP contribution in [-0.4, -0.2) is 21.4 Å². The molecule has 0 unspecified atom stereocenters. The minimum absolute atomic E-state index is 0.0837. The lowest BCUT2D eigenvalue weighted by atomic mass is 9.97. The fourth-order valence-corrected chi connectivity index (χ4v) is 6.19. The van der Waals surface area contributed by atoms with Crippen LogP contribution in [0.5, 0.6) is 5.75 Å². The summed E-state index contributed by atoms with van der Waals surface area (Å²) in [4.78, 5) is -2.52. The molecule has 0 amide bonds. The zero-order valence-corrected chi connectivity index (χ0v) is 18.6. The van der Waals surface area contributed by atoms with Crippen LogP contribution >= 0.6 is 0 Å². The summed E-state index contributed by atoms with van der Waals surface area (Å²) in [6, 6.07) is 3.51. The van der Waals surface area contributed by atoms with Crippen molar-refractivity contribution in [2.45, 2.75) is 66.1 Å². The molecule has 3 fully saturated rings. The van der Waals surface area contributed by atoms with Crippen molar-refractivity contribution in [3.05, 3.63) is 52.1 Å². The van der Waals surface area contributed by atoms with Gasteiger partial charge in [-0.3, -0.25) is 4.55 Å². The number of rotatable bonds is 7. The monoisotopic (exact) mass is 506 g/mol. The lowest BCUT2D eigenvalue weighted by Crippen LogP contribution is -2.19. The summed E-state index contributed by atoms with van der Waals surface area (Å²) in [5, 5.41) is 0. The highest BCUT2D eigenvalue weighted by Crippen LogP contribution is 2.52. The Bertz CT molecular complexity index is 1330. The fourth-order valence-electron chi connectivity index (χ4n) is 4.08. The molecule has 0 saturated heterocycles. The molecule has 0 aromatic heterocycles. The molecule has 0 spiro atoms. The van der Waals surface area contributed by atoms with Crippen molar-refractivity contribution in [2.75, 3.05) is 0 Å². The van der Waals surface area contributed by atoms with Crippen LogP contribution in [0.3, 0.4) is 0 Å². The van der Waals surface area contributed by atoms with E-state index in [0.717, 1.165) is 44.1 Å². The van der Waals surface area contributed by atoms with E-state index in [0.29, 0.717) is 17.0 Å². The molecule has 0 atom stereocenters. The molecule has 1 N–H and O–H groups in total. The molecule has 3 saturated carbocycles. The summed E-state index contributed by atoms with van der Waals surface area (Å²) in [5.41, 5.74) is 1.90. The molecule has 6 nitrogen and oxygen atoms in total. The van der Waals surface area contributed by atoms with Crippen molar-refractivity contribution in [2.24, 2.45) is 0 Å². The number of hydrogen-bond acceptors (Lipinski definition) is 5. The molecule has 3 aliphatic rings. The molecule has 33 heavy (non-hydrogen) atoms. The summed E-state index contributed by atoms with van der Waals surface area (Å²) in [5.74, 6) is -11.5. The van der Waals surface area contributed by atoms with Gasteiger partial charge in [-0.15, -0.1) is 0 Å². The Morgan fingerprint density at radius 2 is 1.12 bits per heavy atom. The van der Waals surface area contributed by atoms with Gasteiger partial charge in [0.25, 0.3) is 0 Å². The molecule has 5 rings (SSSR count). The summed E-state index contributed by atoms with van der Waals surface area (Å²) in [7, 11) is -10.6. The Balaban J connectivity index is 1.66. The lowest BCUT2D eigenvalue weighted by Gasteiger charge is -2.18. The topological polar surface area (TPSA) is 97.7 Å². The van der Waals surface area contributed by atoms with Gasteiger partial charge in [0.1, 0.15) is 4.90 Å². The maximum atomic E-state index is 14.5. The van der Waals surface area contributed by atoms with Crippen LogP contribution in [0.4, 0.5) is 17.6 Å². The van der Waals surface area contributed by atoms with Gasteiger partial charge in [-0.1, -0.05) is 12.1 Å². The lowest BCUT2D eigenvalue weighted by molar-refractivity contribution is 0.364. The van der Waals surface area contributed by atoms with Crippen molar-refractivity contribution < 1.29 is 43.1 Å². The first-order chi connectivity index (χ1) is 15.4. The Labute approximate surface area is 187 Å². The van der Waals surface area contributed by atoms with E-state index in [9.17, 15) is 34.4 Å². The van der Waals surface area contributed by atoms with Gasteiger partial charge in [-0.2, -0.15) is 25.6 Å². The fraction of sp³-hybridized carbons (Fsp3) is 0.429. The Morgan fingerprint density at radius 3 is 1.48 bits per heavy atom. The highest BCUT2D eigenvalue weighted by molar-refractivity contribution is 7.87. The normalized spacial score (nSPS) is 19.1. The van der Waals surface area contributed by atoms with Crippen molar-refractivity contribution in [1.29, 1.82) is 0 Å². The van der Waals surface area contributed by atoms with Crippen LogP contribution in [0.1, 0.15) is 73.0 Å². The molecule has 0 radical (unpaired) electrons. The van der Waals surface area contributed by atoms with E-state index < -0.39 is 54.2 Å². The number of hydrogen-bond donors (Lipinski definition) is 1. The Morgan fingerprint density at radius 1 is 0.697 bits per heavy atom. The van der Waals surface area contributed by atoms with E-state index in [1.807, 2.05) is 0 Å². The van der Waals surface area contributed by atoms with Gasteiger partial charge in [0.15, 0.2) is 16.5 Å². The zero-order valence-electron chi connectivity index (χ0n) is 16.9. The average Bonchev–Trinajstić information content (AvgIpc) is 3.57.